The molecule has 1 aromatic heterocycles. The molecule has 0 radical (unpaired) electrons. The number of hydrogen-bond donors (Lipinski definition) is 0. The van der Waals surface area contributed by atoms with Crippen molar-refractivity contribution in [2.75, 3.05) is 13.1 Å². The molecule has 0 aliphatic carbocycles. The molecule has 1 aliphatic heterocycles. The maximum Gasteiger partial charge on any atom is 0.410 e. The van der Waals surface area contributed by atoms with Gasteiger partial charge < -0.3 is 9.64 Å². The molecule has 0 saturated carbocycles. The van der Waals surface area contributed by atoms with Gasteiger partial charge in [0, 0.05) is 19.3 Å². The standard InChI is InChI=1S/C15H22N2O4S/c1-15(2,3)21-14(18)17-10-7-12(8-11-17)22(19,20)13-6-4-5-9-16-13/h4-6,9,12H,7-8,10-11H2,1-3H3. The number of nitrogens with zero attached hydrogens (tertiary/aromatic N) is 2. The fraction of sp³-hybridized carbons (Fsp3) is 0.600. The Kier molecular flexibility index (Phi) is 4.75. The minimum absolute atomic E-state index is 0.103. The van der Waals surface area contributed by atoms with Gasteiger partial charge in [0.1, 0.15) is 5.60 Å². The molecular formula is C15H22N2O4S. The number of ether oxygens (including phenoxy) is 1. The van der Waals surface area contributed by atoms with Crippen molar-refractivity contribution in [1.82, 2.24) is 9.88 Å². The molecule has 6 nitrogen and oxygen atoms in total. The number of likely N-dealkylation sites (tertiary alicyclic amines) is 1. The van der Waals surface area contributed by atoms with Crippen molar-refractivity contribution in [2.24, 2.45) is 0 Å². The van der Waals surface area contributed by atoms with Gasteiger partial charge in [0.2, 0.25) is 0 Å². The summed E-state index contributed by atoms with van der Waals surface area (Å²) in [6, 6.07) is 4.86. The number of amides is 1. The molecule has 2 heterocycles. The van der Waals surface area contributed by atoms with Crippen molar-refractivity contribution in [1.29, 1.82) is 0 Å². The first-order chi connectivity index (χ1) is 10.2. The third-order valence-corrected chi connectivity index (χ3v) is 5.64. The molecule has 22 heavy (non-hydrogen) atoms. The average Bonchev–Trinajstić information content (AvgIpc) is 2.46. The maximum atomic E-state index is 12.5. The number of sulfone groups is 1. The minimum atomic E-state index is -3.44. The fourth-order valence-electron chi connectivity index (χ4n) is 2.36. The Morgan fingerprint density at radius 2 is 1.91 bits per heavy atom. The molecule has 1 saturated heterocycles. The molecule has 7 heteroatoms. The molecular weight excluding hydrogens is 304 g/mol. The van der Waals surface area contributed by atoms with Crippen molar-refractivity contribution in [3.63, 3.8) is 0 Å². The van der Waals surface area contributed by atoms with E-state index in [1.54, 1.807) is 17.0 Å². The van der Waals surface area contributed by atoms with E-state index in [1.165, 1.54) is 12.3 Å². The summed E-state index contributed by atoms with van der Waals surface area (Å²) >= 11 is 0. The van der Waals surface area contributed by atoms with Crippen LogP contribution in [0, 0.1) is 0 Å². The Labute approximate surface area is 131 Å². The molecule has 1 fully saturated rings. The average molecular weight is 326 g/mol. The second-order valence-corrected chi connectivity index (χ2v) is 8.55. The molecule has 1 aromatic rings. The van der Waals surface area contributed by atoms with E-state index in [-0.39, 0.29) is 11.1 Å². The number of hydrogen-bond acceptors (Lipinski definition) is 5. The fourth-order valence-corrected chi connectivity index (χ4v) is 4.01. The Bertz CT molecular complexity index is 615. The highest BCUT2D eigenvalue weighted by molar-refractivity contribution is 7.92. The van der Waals surface area contributed by atoms with Crippen LogP contribution in [-0.4, -0.2) is 48.3 Å². The molecule has 1 amide bonds. The van der Waals surface area contributed by atoms with Gasteiger partial charge in [-0.05, 0) is 45.7 Å². The van der Waals surface area contributed by atoms with E-state index in [0.717, 1.165) is 0 Å². The zero-order valence-corrected chi connectivity index (χ0v) is 14.0. The van der Waals surface area contributed by atoms with Crippen molar-refractivity contribution in [3.05, 3.63) is 24.4 Å². The summed E-state index contributed by atoms with van der Waals surface area (Å²) in [4.78, 5) is 17.5. The van der Waals surface area contributed by atoms with E-state index in [9.17, 15) is 13.2 Å². The minimum Gasteiger partial charge on any atom is -0.444 e. The smallest absolute Gasteiger partial charge is 0.410 e. The number of carbonyl (C=O) groups excluding carboxylic acids is 1. The highest BCUT2D eigenvalue weighted by atomic mass is 32.2. The summed E-state index contributed by atoms with van der Waals surface area (Å²) in [5, 5.41) is -0.396. The lowest BCUT2D eigenvalue weighted by molar-refractivity contribution is 0.0217. The van der Waals surface area contributed by atoms with Crippen LogP contribution in [0.3, 0.4) is 0 Å². The second-order valence-electron chi connectivity index (χ2n) is 6.38. The summed E-state index contributed by atoms with van der Waals surface area (Å²) in [5.41, 5.74) is -0.548. The second kappa shape index (κ2) is 6.24. The monoisotopic (exact) mass is 326 g/mol. The van der Waals surface area contributed by atoms with E-state index < -0.39 is 20.7 Å². The first-order valence-corrected chi connectivity index (χ1v) is 8.87. The van der Waals surface area contributed by atoms with Crippen LogP contribution in [0.1, 0.15) is 33.6 Å². The molecule has 1 aliphatic rings. The van der Waals surface area contributed by atoms with Crippen LogP contribution < -0.4 is 0 Å². The zero-order chi connectivity index (χ0) is 16.4. The van der Waals surface area contributed by atoms with E-state index >= 15 is 0 Å². The summed E-state index contributed by atoms with van der Waals surface area (Å²) in [5.74, 6) is 0. The molecule has 0 bridgehead atoms. The molecule has 122 valence electrons. The number of rotatable bonds is 2. The van der Waals surface area contributed by atoms with Crippen molar-refractivity contribution < 1.29 is 17.9 Å². The zero-order valence-electron chi connectivity index (χ0n) is 13.2. The van der Waals surface area contributed by atoms with Crippen LogP contribution in [-0.2, 0) is 14.6 Å². The normalized spacial score (nSPS) is 17.3. The molecule has 0 unspecified atom stereocenters. The lowest BCUT2D eigenvalue weighted by Gasteiger charge is -2.33. The first kappa shape index (κ1) is 16.7. The first-order valence-electron chi connectivity index (χ1n) is 7.33. The van der Waals surface area contributed by atoms with Gasteiger partial charge in [0.15, 0.2) is 14.9 Å². The van der Waals surface area contributed by atoms with Crippen molar-refractivity contribution >= 4 is 15.9 Å². The van der Waals surface area contributed by atoms with Gasteiger partial charge in [-0.3, -0.25) is 0 Å². The molecule has 0 N–H and O–H groups in total. The third-order valence-electron chi connectivity index (χ3n) is 3.46. The topological polar surface area (TPSA) is 76.6 Å². The highest BCUT2D eigenvalue weighted by Gasteiger charge is 2.34. The summed E-state index contributed by atoms with van der Waals surface area (Å²) in [6.07, 6.45) is 1.89. The van der Waals surface area contributed by atoms with Gasteiger partial charge in [-0.1, -0.05) is 6.07 Å². The summed E-state index contributed by atoms with van der Waals surface area (Å²) < 4.78 is 30.3. The summed E-state index contributed by atoms with van der Waals surface area (Å²) in [6.45, 7) is 6.19. The quantitative estimate of drug-likeness (QED) is 0.833. The molecule has 0 atom stereocenters. The van der Waals surface area contributed by atoms with Gasteiger partial charge in [0.25, 0.3) is 0 Å². The van der Waals surface area contributed by atoms with Gasteiger partial charge >= 0.3 is 6.09 Å². The van der Waals surface area contributed by atoms with Crippen molar-refractivity contribution in [2.45, 2.75) is 49.5 Å². The Hall–Kier alpha value is -1.63. The van der Waals surface area contributed by atoms with E-state index in [1.807, 2.05) is 20.8 Å². The Morgan fingerprint density at radius 1 is 1.27 bits per heavy atom. The van der Waals surface area contributed by atoms with Gasteiger partial charge in [-0.15, -0.1) is 0 Å². The predicted octanol–water partition coefficient (Wildman–Crippen LogP) is 2.25. The Morgan fingerprint density at radius 3 is 2.41 bits per heavy atom. The lowest BCUT2D eigenvalue weighted by atomic mass is 10.1. The largest absolute Gasteiger partial charge is 0.444 e. The third kappa shape index (κ3) is 3.97. The van der Waals surface area contributed by atoms with Crippen LogP contribution in [0.5, 0.6) is 0 Å². The van der Waals surface area contributed by atoms with E-state index in [4.69, 9.17) is 4.74 Å². The molecule has 2 rings (SSSR count). The Balaban J connectivity index is 1.99. The number of pyridine rings is 1. The molecule has 0 spiro atoms. The van der Waals surface area contributed by atoms with Crippen LogP contribution >= 0.6 is 0 Å². The number of aromatic nitrogens is 1. The molecule has 0 aromatic carbocycles. The predicted molar refractivity (Wildman–Crippen MR) is 82.3 cm³/mol. The SMILES string of the molecule is CC(C)(C)OC(=O)N1CCC(S(=O)(=O)c2ccccn2)CC1. The van der Waals surface area contributed by atoms with Crippen LogP contribution in [0.4, 0.5) is 4.79 Å². The van der Waals surface area contributed by atoms with Crippen LogP contribution in [0.15, 0.2) is 29.4 Å². The highest BCUT2D eigenvalue weighted by Crippen LogP contribution is 2.24. The summed E-state index contributed by atoms with van der Waals surface area (Å²) in [7, 11) is -3.44. The van der Waals surface area contributed by atoms with Gasteiger partial charge in [-0.2, -0.15) is 0 Å². The van der Waals surface area contributed by atoms with Crippen LogP contribution in [0.25, 0.3) is 0 Å². The maximum absolute atomic E-state index is 12.5. The van der Waals surface area contributed by atoms with Crippen molar-refractivity contribution in [3.8, 4) is 0 Å². The van der Waals surface area contributed by atoms with E-state index in [2.05, 4.69) is 4.98 Å². The lowest BCUT2D eigenvalue weighted by Crippen LogP contribution is -2.44. The van der Waals surface area contributed by atoms with E-state index in [0.29, 0.717) is 25.9 Å². The van der Waals surface area contributed by atoms with Crippen LogP contribution in [0.2, 0.25) is 0 Å². The number of piperidine rings is 1. The number of carbonyl (C=O) groups is 1. The van der Waals surface area contributed by atoms with Gasteiger partial charge in [0.05, 0.1) is 5.25 Å². The van der Waals surface area contributed by atoms with Gasteiger partial charge in [-0.25, -0.2) is 18.2 Å².